The maximum atomic E-state index is 6.05. The van der Waals surface area contributed by atoms with E-state index < -0.39 is 0 Å². The van der Waals surface area contributed by atoms with E-state index in [1.807, 2.05) is 6.07 Å². The highest BCUT2D eigenvalue weighted by Gasteiger charge is 2.04. The van der Waals surface area contributed by atoms with E-state index in [2.05, 4.69) is 37.8 Å². The molecule has 1 rings (SSSR count). The molecule has 1 aromatic carbocycles. The van der Waals surface area contributed by atoms with Gasteiger partial charge >= 0.3 is 0 Å². The van der Waals surface area contributed by atoms with Gasteiger partial charge in [0.1, 0.15) is 5.75 Å². The largest absolute Gasteiger partial charge is 0.491 e. The van der Waals surface area contributed by atoms with Crippen LogP contribution in [-0.2, 0) is 6.42 Å². The van der Waals surface area contributed by atoms with Gasteiger partial charge in [0, 0.05) is 0 Å². The topological polar surface area (TPSA) is 38.5 Å². The predicted octanol–water partition coefficient (Wildman–Crippen LogP) is 4.11. The maximum absolute atomic E-state index is 6.05. The van der Waals surface area contributed by atoms with E-state index in [0.717, 1.165) is 37.4 Å². The average molecular weight is 292 g/mol. The molecule has 0 atom stereocenters. The van der Waals surface area contributed by atoms with Gasteiger partial charge in [-0.3, -0.25) is 0 Å². The van der Waals surface area contributed by atoms with Crippen LogP contribution in [0.25, 0.3) is 0 Å². The SMILES string of the molecule is CCCCN(CC)CCCc1ccc(OCCC)c(N)c1. The first-order valence-electron chi connectivity index (χ1n) is 8.44. The normalized spacial score (nSPS) is 11.0. The average Bonchev–Trinajstić information content (AvgIpc) is 2.50. The van der Waals surface area contributed by atoms with Crippen LogP contribution in [0.15, 0.2) is 18.2 Å². The minimum Gasteiger partial charge on any atom is -0.491 e. The van der Waals surface area contributed by atoms with E-state index in [1.165, 1.54) is 37.9 Å². The van der Waals surface area contributed by atoms with Crippen molar-refractivity contribution in [2.75, 3.05) is 32.0 Å². The van der Waals surface area contributed by atoms with Crippen LogP contribution in [0, 0.1) is 0 Å². The summed E-state index contributed by atoms with van der Waals surface area (Å²) >= 11 is 0. The zero-order valence-electron chi connectivity index (χ0n) is 14.0. The second kappa shape index (κ2) is 10.5. The fourth-order valence-corrected chi connectivity index (χ4v) is 2.41. The Kier molecular flexibility index (Phi) is 8.91. The summed E-state index contributed by atoms with van der Waals surface area (Å²) in [6, 6.07) is 6.21. The number of nitrogens with two attached hydrogens (primary N) is 1. The highest BCUT2D eigenvalue weighted by Crippen LogP contribution is 2.23. The van der Waals surface area contributed by atoms with Crippen molar-refractivity contribution in [2.24, 2.45) is 0 Å². The molecule has 21 heavy (non-hydrogen) atoms. The van der Waals surface area contributed by atoms with E-state index in [1.54, 1.807) is 0 Å². The van der Waals surface area contributed by atoms with E-state index in [4.69, 9.17) is 10.5 Å². The Hall–Kier alpha value is -1.22. The second-order valence-corrected chi connectivity index (χ2v) is 5.61. The van der Waals surface area contributed by atoms with Crippen LogP contribution in [0.4, 0.5) is 5.69 Å². The fourth-order valence-electron chi connectivity index (χ4n) is 2.41. The molecule has 0 saturated carbocycles. The van der Waals surface area contributed by atoms with E-state index in [9.17, 15) is 0 Å². The molecule has 2 N–H and O–H groups in total. The molecule has 0 fully saturated rings. The van der Waals surface area contributed by atoms with Crippen LogP contribution >= 0.6 is 0 Å². The van der Waals surface area contributed by atoms with Crippen molar-refractivity contribution < 1.29 is 4.74 Å². The summed E-state index contributed by atoms with van der Waals surface area (Å²) in [4.78, 5) is 2.53. The smallest absolute Gasteiger partial charge is 0.142 e. The Morgan fingerprint density at radius 2 is 1.81 bits per heavy atom. The second-order valence-electron chi connectivity index (χ2n) is 5.61. The predicted molar refractivity (Wildman–Crippen MR) is 92.0 cm³/mol. The summed E-state index contributed by atoms with van der Waals surface area (Å²) in [5, 5.41) is 0. The lowest BCUT2D eigenvalue weighted by Crippen LogP contribution is -2.25. The number of nitrogens with zero attached hydrogens (tertiary/aromatic N) is 1. The van der Waals surface area contributed by atoms with E-state index in [0.29, 0.717) is 0 Å². The highest BCUT2D eigenvalue weighted by atomic mass is 16.5. The molecule has 0 aliphatic rings. The van der Waals surface area contributed by atoms with E-state index in [-0.39, 0.29) is 0 Å². The zero-order chi connectivity index (χ0) is 15.5. The summed E-state index contributed by atoms with van der Waals surface area (Å²) in [6.07, 6.45) is 5.84. The third-order valence-corrected chi connectivity index (χ3v) is 3.75. The Morgan fingerprint density at radius 3 is 2.43 bits per heavy atom. The first-order valence-corrected chi connectivity index (χ1v) is 8.44. The lowest BCUT2D eigenvalue weighted by atomic mass is 10.1. The summed E-state index contributed by atoms with van der Waals surface area (Å²) in [7, 11) is 0. The molecule has 0 aliphatic carbocycles. The van der Waals surface area contributed by atoms with Gasteiger partial charge in [-0.2, -0.15) is 0 Å². The molecule has 120 valence electrons. The molecule has 1 aromatic rings. The summed E-state index contributed by atoms with van der Waals surface area (Å²) in [5.41, 5.74) is 8.12. The summed E-state index contributed by atoms with van der Waals surface area (Å²) in [6.45, 7) is 10.9. The lowest BCUT2D eigenvalue weighted by Gasteiger charge is -2.20. The standard InChI is InChI=1S/C18H32N2O/c1-4-7-12-20(6-3)13-8-9-16-10-11-18(17(19)15-16)21-14-5-2/h10-11,15H,4-9,12-14,19H2,1-3H3. The monoisotopic (exact) mass is 292 g/mol. The van der Waals surface area contributed by atoms with Gasteiger partial charge in [-0.15, -0.1) is 0 Å². The number of anilines is 1. The lowest BCUT2D eigenvalue weighted by molar-refractivity contribution is 0.280. The first kappa shape index (κ1) is 17.8. The van der Waals surface area contributed by atoms with Crippen LogP contribution < -0.4 is 10.5 Å². The third kappa shape index (κ3) is 6.85. The Balaban J connectivity index is 2.39. The van der Waals surface area contributed by atoms with Crippen molar-refractivity contribution in [3.05, 3.63) is 23.8 Å². The van der Waals surface area contributed by atoms with Crippen molar-refractivity contribution in [3.8, 4) is 5.75 Å². The van der Waals surface area contributed by atoms with Gasteiger partial charge in [-0.1, -0.05) is 33.3 Å². The van der Waals surface area contributed by atoms with Gasteiger partial charge in [0.15, 0.2) is 0 Å². The van der Waals surface area contributed by atoms with Crippen molar-refractivity contribution >= 4 is 5.69 Å². The van der Waals surface area contributed by atoms with Crippen LogP contribution in [0.3, 0.4) is 0 Å². The molecule has 0 amide bonds. The summed E-state index contributed by atoms with van der Waals surface area (Å²) < 4.78 is 5.61. The van der Waals surface area contributed by atoms with Gasteiger partial charge in [0.25, 0.3) is 0 Å². The molecule has 0 radical (unpaired) electrons. The number of aryl methyl sites for hydroxylation is 1. The zero-order valence-corrected chi connectivity index (χ0v) is 14.0. The Morgan fingerprint density at radius 1 is 1.05 bits per heavy atom. The highest BCUT2D eigenvalue weighted by molar-refractivity contribution is 5.54. The molecule has 0 aromatic heterocycles. The number of unbranched alkanes of at least 4 members (excludes halogenated alkanes) is 1. The Labute approximate surface area is 130 Å². The molecule has 3 heteroatoms. The first-order chi connectivity index (χ1) is 10.2. The van der Waals surface area contributed by atoms with Crippen molar-refractivity contribution in [2.45, 2.75) is 52.9 Å². The molecule has 0 saturated heterocycles. The van der Waals surface area contributed by atoms with Gasteiger partial charge in [0.2, 0.25) is 0 Å². The number of nitrogen functional groups attached to an aromatic ring is 1. The minimum atomic E-state index is 0.729. The van der Waals surface area contributed by atoms with Crippen molar-refractivity contribution in [3.63, 3.8) is 0 Å². The summed E-state index contributed by atoms with van der Waals surface area (Å²) in [5.74, 6) is 0.818. The van der Waals surface area contributed by atoms with Crippen LogP contribution in [0.1, 0.15) is 52.0 Å². The van der Waals surface area contributed by atoms with Crippen LogP contribution in [0.2, 0.25) is 0 Å². The van der Waals surface area contributed by atoms with Gasteiger partial charge in [-0.25, -0.2) is 0 Å². The molecule has 0 bridgehead atoms. The van der Waals surface area contributed by atoms with E-state index >= 15 is 0 Å². The van der Waals surface area contributed by atoms with Crippen LogP contribution in [0.5, 0.6) is 5.75 Å². The molecule has 0 spiro atoms. The minimum absolute atomic E-state index is 0.729. The van der Waals surface area contributed by atoms with Crippen molar-refractivity contribution in [1.82, 2.24) is 4.90 Å². The number of ether oxygens (including phenoxy) is 1. The fraction of sp³-hybridized carbons (Fsp3) is 0.667. The van der Waals surface area contributed by atoms with Gasteiger partial charge in [0.05, 0.1) is 12.3 Å². The van der Waals surface area contributed by atoms with Crippen molar-refractivity contribution in [1.29, 1.82) is 0 Å². The molecular weight excluding hydrogens is 260 g/mol. The van der Waals surface area contributed by atoms with Gasteiger partial charge in [-0.05, 0) is 63.0 Å². The molecule has 0 aliphatic heterocycles. The van der Waals surface area contributed by atoms with Crippen LogP contribution in [-0.4, -0.2) is 31.1 Å². The quantitative estimate of drug-likeness (QED) is 0.624. The Bertz CT molecular complexity index is 393. The molecule has 0 heterocycles. The van der Waals surface area contributed by atoms with Gasteiger partial charge < -0.3 is 15.4 Å². The molecule has 3 nitrogen and oxygen atoms in total. The third-order valence-electron chi connectivity index (χ3n) is 3.75. The molecular formula is C18H32N2O. The molecule has 0 unspecified atom stereocenters. The number of hydrogen-bond acceptors (Lipinski definition) is 3. The number of benzene rings is 1. The number of hydrogen-bond donors (Lipinski definition) is 1. The number of rotatable bonds is 11. The maximum Gasteiger partial charge on any atom is 0.142 e.